The molecule has 234 valence electrons. The van der Waals surface area contributed by atoms with E-state index in [-0.39, 0.29) is 23.9 Å². The lowest BCUT2D eigenvalue weighted by atomic mass is 9.78. The van der Waals surface area contributed by atoms with Crippen molar-refractivity contribution in [2.45, 2.75) is 43.8 Å². The Balaban J connectivity index is 1.28. The van der Waals surface area contributed by atoms with Gasteiger partial charge in [0, 0.05) is 23.6 Å². The highest BCUT2D eigenvalue weighted by Crippen LogP contribution is 2.56. The number of benzene rings is 4. The van der Waals surface area contributed by atoms with Gasteiger partial charge in [-0.15, -0.1) is 0 Å². The predicted octanol–water partition coefficient (Wildman–Crippen LogP) is 5.61. The number of nitrogens with zero attached hydrogens (tertiary/aromatic N) is 1. The highest BCUT2D eigenvalue weighted by molar-refractivity contribution is 5.47. The lowest BCUT2D eigenvalue weighted by molar-refractivity contribution is -0.117. The molecule has 7 rings (SSSR count). The molecule has 0 aliphatic heterocycles. The molecule has 1 aromatic heterocycles. The van der Waals surface area contributed by atoms with E-state index in [0.717, 1.165) is 22.3 Å². The second-order valence-electron chi connectivity index (χ2n) is 12.5. The zero-order valence-electron chi connectivity index (χ0n) is 25.7. The van der Waals surface area contributed by atoms with Crippen LogP contribution in [0, 0.1) is 24.7 Å². The Hall–Kier alpha value is -4.56. The first kappa shape index (κ1) is 30.1. The summed E-state index contributed by atoms with van der Waals surface area (Å²) < 4.78 is 15.5. The number of aromatic nitrogens is 2. The van der Waals surface area contributed by atoms with Crippen molar-refractivity contribution in [1.82, 2.24) is 9.55 Å². The van der Waals surface area contributed by atoms with E-state index >= 15 is 0 Å². The molecule has 7 nitrogen and oxygen atoms in total. The molecule has 0 radical (unpaired) electrons. The lowest BCUT2D eigenvalue weighted by Crippen LogP contribution is -2.49. The lowest BCUT2D eigenvalue weighted by Gasteiger charge is -2.42. The number of aliphatic hydroxyl groups excluding tert-OH is 1. The molecule has 4 aromatic carbocycles. The first-order chi connectivity index (χ1) is 22.5. The third kappa shape index (κ3) is 5.34. The quantitative estimate of drug-likeness (QED) is 0.200. The van der Waals surface area contributed by atoms with Gasteiger partial charge in [0.05, 0.1) is 31.5 Å². The molecule has 2 saturated carbocycles. The van der Waals surface area contributed by atoms with Gasteiger partial charge in [-0.05, 0) is 41.5 Å². The number of aliphatic hydroxyl groups is 1. The zero-order valence-corrected chi connectivity index (χ0v) is 25.7. The average molecular weight is 615 g/mol. The van der Waals surface area contributed by atoms with E-state index in [9.17, 15) is 14.7 Å². The Morgan fingerprint density at radius 2 is 1.30 bits per heavy atom. The molecule has 0 unspecified atom stereocenters. The SMILES string of the molecule is Cc1cn([C@H]2[C@H](O)[C@@H]3C[C@H]2[C@@H](OCc2ccccc2)[C@@H]3COC(c2ccccc2)(c2ccccc2)c2ccccc2)c(=O)[nH]c1=O. The summed E-state index contributed by atoms with van der Waals surface area (Å²) in [4.78, 5) is 27.6. The van der Waals surface area contributed by atoms with E-state index < -0.39 is 29.0 Å². The van der Waals surface area contributed by atoms with Gasteiger partial charge >= 0.3 is 5.69 Å². The molecule has 2 fully saturated rings. The van der Waals surface area contributed by atoms with Crippen LogP contribution in [0.1, 0.15) is 40.3 Å². The van der Waals surface area contributed by atoms with E-state index in [0.29, 0.717) is 25.2 Å². The second kappa shape index (κ2) is 12.7. The summed E-state index contributed by atoms with van der Waals surface area (Å²) in [5.41, 5.74) is 2.65. The maximum Gasteiger partial charge on any atom is 0.328 e. The molecular formula is C39H38N2O5. The molecule has 46 heavy (non-hydrogen) atoms. The van der Waals surface area contributed by atoms with Crippen molar-refractivity contribution in [3.63, 3.8) is 0 Å². The molecule has 2 bridgehead atoms. The third-order valence-corrected chi connectivity index (χ3v) is 9.95. The van der Waals surface area contributed by atoms with Crippen LogP contribution in [0.4, 0.5) is 0 Å². The van der Waals surface area contributed by atoms with Crippen LogP contribution in [0.5, 0.6) is 0 Å². The number of hydrogen-bond donors (Lipinski definition) is 2. The number of fused-ring (bicyclic) bond motifs is 2. The maximum atomic E-state index is 13.0. The topological polar surface area (TPSA) is 93.6 Å². The van der Waals surface area contributed by atoms with Crippen LogP contribution in [-0.4, -0.2) is 33.5 Å². The standard InChI is InChI=1S/C39H38N2O5/c1-26-23-41(38(44)40-37(26)43)34-32-22-31(35(34)42)33(36(32)45-24-27-14-6-2-7-15-27)25-46-39(28-16-8-3-9-17-28,29-18-10-4-11-19-29)30-20-12-5-13-21-30/h2-21,23,31-36,42H,22,24-25H2,1H3,(H,40,43,44)/t31-,32-,33-,34-,35-,36-/m1/s1. The molecule has 0 amide bonds. The fraction of sp³-hybridized carbons (Fsp3) is 0.282. The summed E-state index contributed by atoms with van der Waals surface area (Å²) in [6.07, 6.45) is 1.15. The van der Waals surface area contributed by atoms with Gasteiger partial charge in [-0.3, -0.25) is 14.3 Å². The van der Waals surface area contributed by atoms with Gasteiger partial charge in [-0.1, -0.05) is 121 Å². The number of nitrogens with one attached hydrogen (secondary N) is 1. The molecule has 5 aromatic rings. The van der Waals surface area contributed by atoms with E-state index in [4.69, 9.17) is 9.47 Å². The van der Waals surface area contributed by atoms with E-state index in [2.05, 4.69) is 41.4 Å². The largest absolute Gasteiger partial charge is 0.391 e. The van der Waals surface area contributed by atoms with Gasteiger partial charge in [-0.25, -0.2) is 4.79 Å². The molecule has 2 N–H and O–H groups in total. The van der Waals surface area contributed by atoms with Gasteiger partial charge in [-0.2, -0.15) is 0 Å². The normalized spacial score (nSPS) is 23.9. The predicted molar refractivity (Wildman–Crippen MR) is 176 cm³/mol. The van der Waals surface area contributed by atoms with Gasteiger partial charge in [0.2, 0.25) is 0 Å². The minimum Gasteiger partial charge on any atom is -0.391 e. The Labute approximate surface area is 268 Å². The molecular weight excluding hydrogens is 576 g/mol. The zero-order chi connectivity index (χ0) is 31.7. The fourth-order valence-electron chi connectivity index (χ4n) is 7.82. The number of H-pyrrole nitrogens is 1. The van der Waals surface area contributed by atoms with Crippen molar-refractivity contribution in [3.05, 3.63) is 176 Å². The van der Waals surface area contributed by atoms with Crippen LogP contribution in [0.2, 0.25) is 0 Å². The molecule has 2 aliphatic rings. The van der Waals surface area contributed by atoms with Crippen LogP contribution in [0.25, 0.3) is 0 Å². The third-order valence-electron chi connectivity index (χ3n) is 9.95. The van der Waals surface area contributed by atoms with Gasteiger partial charge in [0.1, 0.15) is 5.60 Å². The molecule has 6 atom stereocenters. The van der Waals surface area contributed by atoms with E-state index in [1.165, 1.54) is 4.57 Å². The highest BCUT2D eigenvalue weighted by Gasteiger charge is 2.60. The van der Waals surface area contributed by atoms with E-state index in [1.54, 1.807) is 13.1 Å². The molecule has 0 saturated heterocycles. The molecule has 2 aliphatic carbocycles. The number of ether oxygens (including phenoxy) is 2. The summed E-state index contributed by atoms with van der Waals surface area (Å²) in [6.45, 7) is 2.39. The molecule has 7 heteroatoms. The Bertz CT molecular complexity index is 1780. The number of rotatable bonds is 10. The Morgan fingerprint density at radius 3 is 1.85 bits per heavy atom. The maximum absolute atomic E-state index is 13.0. The summed E-state index contributed by atoms with van der Waals surface area (Å²) in [5.74, 6) is -0.468. The number of hydrogen-bond acceptors (Lipinski definition) is 5. The van der Waals surface area contributed by atoms with Crippen LogP contribution in [0.15, 0.2) is 137 Å². The van der Waals surface area contributed by atoms with Crippen molar-refractivity contribution < 1.29 is 14.6 Å². The van der Waals surface area contributed by atoms with Crippen molar-refractivity contribution in [2.75, 3.05) is 6.61 Å². The highest BCUT2D eigenvalue weighted by atomic mass is 16.5. The van der Waals surface area contributed by atoms with Crippen LogP contribution in [-0.2, 0) is 21.7 Å². The minimum absolute atomic E-state index is 0.143. The molecule has 0 spiro atoms. The number of aromatic amines is 1. The van der Waals surface area contributed by atoms with E-state index in [1.807, 2.05) is 84.9 Å². The first-order valence-corrected chi connectivity index (χ1v) is 15.9. The first-order valence-electron chi connectivity index (χ1n) is 15.9. The second-order valence-corrected chi connectivity index (χ2v) is 12.5. The summed E-state index contributed by atoms with van der Waals surface area (Å²) in [6, 6.07) is 40.3. The van der Waals surface area contributed by atoms with Crippen molar-refractivity contribution in [1.29, 1.82) is 0 Å². The van der Waals surface area contributed by atoms with Crippen molar-refractivity contribution in [2.24, 2.45) is 17.8 Å². The van der Waals surface area contributed by atoms with Crippen molar-refractivity contribution in [3.8, 4) is 0 Å². The Morgan fingerprint density at radius 1 is 0.783 bits per heavy atom. The Kier molecular flexibility index (Phi) is 8.30. The summed E-state index contributed by atoms with van der Waals surface area (Å²) in [7, 11) is 0. The van der Waals surface area contributed by atoms with Crippen molar-refractivity contribution >= 4 is 0 Å². The minimum atomic E-state index is -0.910. The number of aryl methyl sites for hydroxylation is 1. The average Bonchev–Trinajstić information content (AvgIpc) is 3.62. The monoisotopic (exact) mass is 614 g/mol. The van der Waals surface area contributed by atoms with Crippen LogP contribution in [0.3, 0.4) is 0 Å². The summed E-state index contributed by atoms with van der Waals surface area (Å²) >= 11 is 0. The van der Waals surface area contributed by atoms with Crippen LogP contribution < -0.4 is 11.2 Å². The smallest absolute Gasteiger partial charge is 0.328 e. The van der Waals surface area contributed by atoms with Gasteiger partial charge < -0.3 is 14.6 Å². The van der Waals surface area contributed by atoms with Gasteiger partial charge in [0.25, 0.3) is 5.56 Å². The summed E-state index contributed by atoms with van der Waals surface area (Å²) in [5, 5.41) is 11.8. The fourth-order valence-corrected chi connectivity index (χ4v) is 7.82. The van der Waals surface area contributed by atoms with Gasteiger partial charge in [0.15, 0.2) is 0 Å². The molecule has 1 heterocycles. The van der Waals surface area contributed by atoms with Crippen LogP contribution >= 0.6 is 0 Å².